The Kier molecular flexibility index (Phi) is 6.50. The van der Waals surface area contributed by atoms with Crippen LogP contribution < -0.4 is 10.1 Å². The van der Waals surface area contributed by atoms with Crippen molar-refractivity contribution >= 4 is 74.6 Å². The van der Waals surface area contributed by atoms with Crippen molar-refractivity contribution in [1.29, 1.82) is 0 Å². The van der Waals surface area contributed by atoms with Crippen molar-refractivity contribution in [2.45, 2.75) is 0 Å². The molecule has 0 aliphatic rings. The van der Waals surface area contributed by atoms with Gasteiger partial charge in [-0.05, 0) is 77.2 Å². The van der Waals surface area contributed by atoms with E-state index in [-0.39, 0.29) is 5.91 Å². The quantitative estimate of drug-likeness (QED) is 0.208. The van der Waals surface area contributed by atoms with Crippen LogP contribution in [0.15, 0.2) is 65.1 Å². The molecule has 0 saturated heterocycles. The fourth-order valence-electron chi connectivity index (χ4n) is 3.02. The lowest BCUT2D eigenvalue weighted by Gasteiger charge is -2.08. The van der Waals surface area contributed by atoms with E-state index in [1.54, 1.807) is 36.4 Å². The maximum atomic E-state index is 12.4. The number of rotatable bonds is 5. The van der Waals surface area contributed by atoms with Gasteiger partial charge in [0.2, 0.25) is 11.8 Å². The molecule has 0 aliphatic heterocycles. The van der Waals surface area contributed by atoms with Crippen LogP contribution in [-0.2, 0) is 4.79 Å². The summed E-state index contributed by atoms with van der Waals surface area (Å²) in [6, 6.07) is 16.4. The molecule has 5 nitrogen and oxygen atoms in total. The predicted molar refractivity (Wildman–Crippen MR) is 133 cm³/mol. The molecule has 0 unspecified atom stereocenters. The van der Waals surface area contributed by atoms with Crippen LogP contribution in [0.2, 0.25) is 10.0 Å². The van der Waals surface area contributed by atoms with Crippen molar-refractivity contribution < 1.29 is 13.9 Å². The summed E-state index contributed by atoms with van der Waals surface area (Å²) < 4.78 is 12.2. The number of fused-ring (bicyclic) bond motifs is 1. The Morgan fingerprint density at radius 3 is 2.77 bits per heavy atom. The summed E-state index contributed by atoms with van der Waals surface area (Å²) in [7, 11) is 1.50. The van der Waals surface area contributed by atoms with Crippen molar-refractivity contribution in [2.75, 3.05) is 12.4 Å². The highest BCUT2D eigenvalue weighted by Crippen LogP contribution is 2.33. The highest BCUT2D eigenvalue weighted by Gasteiger charge is 2.11. The Labute approximate surface area is 202 Å². The molecule has 0 bridgehead atoms. The minimum Gasteiger partial charge on any atom is -0.495 e. The van der Waals surface area contributed by atoms with Crippen LogP contribution in [-0.4, -0.2) is 18.0 Å². The molecule has 4 rings (SSSR count). The third-order valence-corrected chi connectivity index (χ3v) is 5.55. The van der Waals surface area contributed by atoms with Gasteiger partial charge in [-0.25, -0.2) is 4.98 Å². The molecule has 0 fully saturated rings. The monoisotopic (exact) mass is 564 g/mol. The molecule has 0 spiro atoms. The minimum absolute atomic E-state index is 0.321. The topological polar surface area (TPSA) is 64.4 Å². The molecule has 0 aliphatic carbocycles. The van der Waals surface area contributed by atoms with Crippen molar-refractivity contribution in [2.24, 2.45) is 0 Å². The molecule has 1 N–H and O–H groups in total. The summed E-state index contributed by atoms with van der Waals surface area (Å²) in [5, 5.41) is 3.63. The lowest BCUT2D eigenvalue weighted by atomic mass is 10.2. The molecular formula is C23H15Cl2IN2O3. The van der Waals surface area contributed by atoms with Crippen molar-refractivity contribution in [3.05, 3.63) is 79.9 Å². The zero-order valence-corrected chi connectivity index (χ0v) is 19.8. The van der Waals surface area contributed by atoms with Crippen molar-refractivity contribution in [3.8, 4) is 17.2 Å². The molecule has 4 aromatic rings. The first kappa shape index (κ1) is 21.7. The maximum absolute atomic E-state index is 12.4. The van der Waals surface area contributed by atoms with Crippen LogP contribution >= 0.6 is 45.8 Å². The Morgan fingerprint density at radius 1 is 1.16 bits per heavy atom. The molecule has 8 heteroatoms. The smallest absolute Gasteiger partial charge is 0.248 e. The van der Waals surface area contributed by atoms with Crippen LogP contribution in [0.3, 0.4) is 0 Å². The molecule has 0 atom stereocenters. The van der Waals surface area contributed by atoms with Crippen molar-refractivity contribution in [3.63, 3.8) is 0 Å². The summed E-state index contributed by atoms with van der Waals surface area (Å²) in [6.07, 6.45) is 2.98. The molecular weight excluding hydrogens is 550 g/mol. The standard InChI is InChI=1S/C23H15Cl2IN2O3/c1-30-22-13(9-15(24)11-18(22)25)5-8-21(29)27-17-6-7-20-19(12-17)28-23(31-20)14-3-2-4-16(26)10-14/h2-12H,1H3,(H,27,29). The molecule has 0 saturated carbocycles. The van der Waals surface area contributed by atoms with E-state index in [0.717, 1.165) is 9.13 Å². The maximum Gasteiger partial charge on any atom is 0.248 e. The Hall–Kier alpha value is -2.55. The number of halogens is 3. The largest absolute Gasteiger partial charge is 0.495 e. The average molecular weight is 565 g/mol. The lowest BCUT2D eigenvalue weighted by molar-refractivity contribution is -0.111. The Bertz CT molecular complexity index is 1320. The van der Waals surface area contributed by atoms with Gasteiger partial charge in [-0.3, -0.25) is 4.79 Å². The van der Waals surface area contributed by atoms with E-state index in [9.17, 15) is 4.79 Å². The number of hydrogen-bond acceptors (Lipinski definition) is 4. The summed E-state index contributed by atoms with van der Waals surface area (Å²) >= 11 is 14.4. The minimum atomic E-state index is -0.321. The van der Waals surface area contributed by atoms with E-state index in [4.69, 9.17) is 32.4 Å². The highest BCUT2D eigenvalue weighted by atomic mass is 127. The molecule has 31 heavy (non-hydrogen) atoms. The number of anilines is 1. The van der Waals surface area contributed by atoms with Crippen molar-refractivity contribution in [1.82, 2.24) is 4.98 Å². The van der Waals surface area contributed by atoms with Gasteiger partial charge in [-0.15, -0.1) is 0 Å². The Balaban J connectivity index is 1.53. The first-order valence-corrected chi connectivity index (χ1v) is 10.9. The number of carbonyl (C=O) groups is 1. The fourth-order valence-corrected chi connectivity index (χ4v) is 4.15. The number of nitrogens with one attached hydrogen (secondary N) is 1. The van der Waals surface area contributed by atoms with Gasteiger partial charge in [0.15, 0.2) is 5.58 Å². The predicted octanol–water partition coefficient (Wildman–Crippen LogP) is 7.07. The SMILES string of the molecule is COc1c(Cl)cc(Cl)cc1C=CC(=O)Nc1ccc2oc(-c3cccc(I)c3)nc2c1. The number of aromatic nitrogens is 1. The van der Waals surface area contributed by atoms with Crippen LogP contribution in [0, 0.1) is 3.57 Å². The van der Waals surface area contributed by atoms with E-state index in [0.29, 0.717) is 44.0 Å². The molecule has 0 radical (unpaired) electrons. The zero-order chi connectivity index (χ0) is 22.0. The van der Waals surface area contributed by atoms with Gasteiger partial charge >= 0.3 is 0 Å². The average Bonchev–Trinajstić information content (AvgIpc) is 3.15. The summed E-state index contributed by atoms with van der Waals surface area (Å²) in [5.41, 5.74) is 3.38. The van der Waals surface area contributed by atoms with Gasteiger partial charge in [0, 0.05) is 31.5 Å². The zero-order valence-electron chi connectivity index (χ0n) is 16.2. The van der Waals surface area contributed by atoms with Gasteiger partial charge in [0.25, 0.3) is 0 Å². The van der Waals surface area contributed by atoms with Crippen LogP contribution in [0.1, 0.15) is 5.56 Å². The number of ether oxygens (including phenoxy) is 1. The van der Waals surface area contributed by atoms with E-state index in [2.05, 4.69) is 32.9 Å². The number of methoxy groups -OCH3 is 1. The van der Waals surface area contributed by atoms with Gasteiger partial charge < -0.3 is 14.5 Å². The van der Waals surface area contributed by atoms with E-state index >= 15 is 0 Å². The van der Waals surface area contributed by atoms with Gasteiger partial charge in [0.05, 0.1) is 12.1 Å². The van der Waals surface area contributed by atoms with Crippen LogP contribution in [0.4, 0.5) is 5.69 Å². The number of carbonyl (C=O) groups excluding carboxylic acids is 1. The third kappa shape index (κ3) is 5.03. The van der Waals surface area contributed by atoms with E-state index < -0.39 is 0 Å². The number of oxazole rings is 1. The number of nitrogens with zero attached hydrogens (tertiary/aromatic N) is 1. The molecule has 1 amide bonds. The first-order chi connectivity index (χ1) is 14.9. The Morgan fingerprint density at radius 2 is 2.00 bits per heavy atom. The third-order valence-electron chi connectivity index (χ3n) is 4.38. The van der Waals surface area contributed by atoms with Gasteiger partial charge in [-0.2, -0.15) is 0 Å². The molecule has 3 aromatic carbocycles. The lowest BCUT2D eigenvalue weighted by Crippen LogP contribution is -2.07. The second kappa shape index (κ2) is 9.30. The number of hydrogen-bond donors (Lipinski definition) is 1. The summed E-state index contributed by atoms with van der Waals surface area (Å²) in [6.45, 7) is 0. The number of benzene rings is 3. The van der Waals surface area contributed by atoms with Crippen LogP contribution in [0.5, 0.6) is 5.75 Å². The van der Waals surface area contributed by atoms with Gasteiger partial charge in [-0.1, -0.05) is 29.3 Å². The van der Waals surface area contributed by atoms with E-state index in [1.165, 1.54) is 13.2 Å². The first-order valence-electron chi connectivity index (χ1n) is 9.11. The summed E-state index contributed by atoms with van der Waals surface area (Å²) in [5.74, 6) is 0.655. The number of amides is 1. The van der Waals surface area contributed by atoms with Crippen LogP contribution in [0.25, 0.3) is 28.6 Å². The molecule has 1 heterocycles. The van der Waals surface area contributed by atoms with E-state index in [1.807, 2.05) is 24.3 Å². The summed E-state index contributed by atoms with van der Waals surface area (Å²) in [4.78, 5) is 16.9. The second-order valence-corrected chi connectivity index (χ2v) is 8.63. The molecule has 1 aromatic heterocycles. The molecule has 156 valence electrons. The van der Waals surface area contributed by atoms with Gasteiger partial charge in [0.1, 0.15) is 11.3 Å². The highest BCUT2D eigenvalue weighted by molar-refractivity contribution is 14.1. The normalized spacial score (nSPS) is 11.2. The second-order valence-electron chi connectivity index (χ2n) is 6.54. The fraction of sp³-hybridized carbons (Fsp3) is 0.0435.